The number of Topliss-reactive ketones (excluding diaryl/α,β-unsaturated/α-hetero) is 1. The Morgan fingerprint density at radius 2 is 1.48 bits per heavy atom. The van der Waals surface area contributed by atoms with Crippen molar-refractivity contribution in [2.75, 3.05) is 6.26 Å². The first kappa shape index (κ1) is 22.3. The van der Waals surface area contributed by atoms with Crippen molar-refractivity contribution in [3.8, 4) is 0 Å². The second-order valence-corrected chi connectivity index (χ2v) is 9.17. The Balaban J connectivity index is 2.14. The summed E-state index contributed by atoms with van der Waals surface area (Å²) in [5.41, 5.74) is 4.35. The number of primary amides is 1. The van der Waals surface area contributed by atoms with Gasteiger partial charge >= 0.3 is 0 Å². The van der Waals surface area contributed by atoms with Gasteiger partial charge in [0.25, 0.3) is 0 Å². The van der Waals surface area contributed by atoms with Crippen LogP contribution in [0.3, 0.4) is 0 Å². The third-order valence-corrected chi connectivity index (χ3v) is 6.23. The predicted molar refractivity (Wildman–Crippen MR) is 111 cm³/mol. The Morgan fingerprint density at radius 1 is 0.903 bits per heavy atom. The summed E-state index contributed by atoms with van der Waals surface area (Å²) in [5.74, 6) is -3.20. The number of benzene rings is 3. The smallest absolute Gasteiger partial charge is 0.233 e. The molecule has 1 unspecified atom stereocenters. The third kappa shape index (κ3) is 4.39. The minimum atomic E-state index is -3.67. The van der Waals surface area contributed by atoms with Crippen molar-refractivity contribution in [1.82, 2.24) is 0 Å². The van der Waals surface area contributed by atoms with Crippen LogP contribution in [-0.4, -0.2) is 26.4 Å². The molecule has 0 spiro atoms. The summed E-state index contributed by atoms with van der Waals surface area (Å²) in [6.07, 6.45) is 0.387. The molecule has 31 heavy (non-hydrogen) atoms. The standard InChI is InChI=1S/C23H19F2NO4S/c1-31(29,30)18-11-12-19(20(25)13-18)21(27)14-23(22(26)28,15-5-3-2-4-6-15)16-7-9-17(24)10-8-16/h2-13H,14H2,1H3,(H2,26,28). The molecule has 3 aromatic rings. The van der Waals surface area contributed by atoms with Gasteiger partial charge in [0.05, 0.1) is 10.5 Å². The first-order valence-electron chi connectivity index (χ1n) is 9.20. The van der Waals surface area contributed by atoms with E-state index in [0.29, 0.717) is 5.56 Å². The molecule has 0 aliphatic heterocycles. The minimum absolute atomic E-state index is 0.272. The highest BCUT2D eigenvalue weighted by atomic mass is 32.2. The van der Waals surface area contributed by atoms with E-state index in [4.69, 9.17) is 5.73 Å². The van der Waals surface area contributed by atoms with E-state index in [1.165, 1.54) is 12.1 Å². The molecule has 1 amide bonds. The van der Waals surface area contributed by atoms with Gasteiger partial charge in [0.2, 0.25) is 5.91 Å². The van der Waals surface area contributed by atoms with Gasteiger partial charge < -0.3 is 5.73 Å². The van der Waals surface area contributed by atoms with E-state index in [1.807, 2.05) is 0 Å². The zero-order chi connectivity index (χ0) is 22.8. The van der Waals surface area contributed by atoms with Crippen LogP contribution >= 0.6 is 0 Å². The Hall–Kier alpha value is -3.39. The number of ketones is 1. The normalized spacial score (nSPS) is 13.4. The van der Waals surface area contributed by atoms with E-state index in [9.17, 15) is 26.8 Å². The van der Waals surface area contributed by atoms with Crippen molar-refractivity contribution in [3.63, 3.8) is 0 Å². The van der Waals surface area contributed by atoms with Crippen LogP contribution in [0.5, 0.6) is 0 Å². The molecular formula is C23H19F2NO4S. The average molecular weight is 443 g/mol. The Morgan fingerprint density at radius 3 is 2.00 bits per heavy atom. The van der Waals surface area contributed by atoms with Crippen molar-refractivity contribution in [2.45, 2.75) is 16.7 Å². The molecule has 2 N–H and O–H groups in total. The number of halogens is 2. The number of sulfone groups is 1. The van der Waals surface area contributed by atoms with E-state index in [0.717, 1.165) is 36.6 Å². The van der Waals surface area contributed by atoms with Crippen molar-refractivity contribution in [2.24, 2.45) is 5.73 Å². The van der Waals surface area contributed by atoms with Crippen LogP contribution in [0, 0.1) is 11.6 Å². The lowest BCUT2D eigenvalue weighted by atomic mass is 9.70. The monoisotopic (exact) mass is 443 g/mol. The molecule has 0 heterocycles. The second kappa shape index (κ2) is 8.39. The Labute approximate surface area is 178 Å². The summed E-state index contributed by atoms with van der Waals surface area (Å²) in [7, 11) is -3.67. The Kier molecular flexibility index (Phi) is 6.03. The third-order valence-electron chi connectivity index (χ3n) is 5.12. The van der Waals surface area contributed by atoms with E-state index >= 15 is 0 Å². The first-order chi connectivity index (χ1) is 14.6. The molecule has 0 saturated heterocycles. The summed E-state index contributed by atoms with van der Waals surface area (Å²) in [4.78, 5) is 25.6. The van der Waals surface area contributed by atoms with E-state index in [1.54, 1.807) is 30.3 Å². The molecule has 0 aliphatic rings. The fraction of sp³-hybridized carbons (Fsp3) is 0.130. The number of amides is 1. The zero-order valence-electron chi connectivity index (χ0n) is 16.5. The molecule has 160 valence electrons. The van der Waals surface area contributed by atoms with Gasteiger partial charge in [0, 0.05) is 12.7 Å². The van der Waals surface area contributed by atoms with Crippen LogP contribution in [0.15, 0.2) is 77.7 Å². The number of rotatable bonds is 7. The topological polar surface area (TPSA) is 94.3 Å². The maximum atomic E-state index is 14.6. The quantitative estimate of drug-likeness (QED) is 0.566. The van der Waals surface area contributed by atoms with Gasteiger partial charge in [0.15, 0.2) is 15.6 Å². The fourth-order valence-corrected chi connectivity index (χ4v) is 4.12. The van der Waals surface area contributed by atoms with Crippen LogP contribution in [0.1, 0.15) is 27.9 Å². The van der Waals surface area contributed by atoms with Gasteiger partial charge in [-0.2, -0.15) is 0 Å². The number of carbonyl (C=O) groups is 2. The number of nitrogens with two attached hydrogens (primary N) is 1. The highest BCUT2D eigenvalue weighted by molar-refractivity contribution is 7.90. The maximum Gasteiger partial charge on any atom is 0.233 e. The second-order valence-electron chi connectivity index (χ2n) is 7.16. The number of carbonyl (C=O) groups excluding carboxylic acids is 2. The van der Waals surface area contributed by atoms with Crippen molar-refractivity contribution in [3.05, 3.63) is 101 Å². The van der Waals surface area contributed by atoms with E-state index < -0.39 is 45.0 Å². The highest BCUT2D eigenvalue weighted by Crippen LogP contribution is 2.37. The summed E-state index contributed by atoms with van der Waals surface area (Å²) in [6, 6.07) is 16.2. The lowest BCUT2D eigenvalue weighted by molar-refractivity contribution is -0.122. The van der Waals surface area contributed by atoms with Gasteiger partial charge in [-0.3, -0.25) is 9.59 Å². The molecule has 0 saturated carbocycles. The first-order valence-corrected chi connectivity index (χ1v) is 11.1. The van der Waals surface area contributed by atoms with Crippen molar-refractivity contribution < 1.29 is 26.8 Å². The van der Waals surface area contributed by atoms with Crippen LogP contribution < -0.4 is 5.73 Å². The van der Waals surface area contributed by atoms with Gasteiger partial charge in [-0.15, -0.1) is 0 Å². The fourth-order valence-electron chi connectivity index (χ4n) is 3.49. The van der Waals surface area contributed by atoms with Crippen LogP contribution in [0.2, 0.25) is 0 Å². The molecule has 3 aromatic carbocycles. The largest absolute Gasteiger partial charge is 0.369 e. The number of hydrogen-bond donors (Lipinski definition) is 1. The van der Waals surface area contributed by atoms with Crippen LogP contribution in [0.4, 0.5) is 8.78 Å². The summed E-state index contributed by atoms with van der Waals surface area (Å²) in [6.45, 7) is 0. The molecule has 0 radical (unpaired) electrons. The van der Waals surface area contributed by atoms with Crippen molar-refractivity contribution in [1.29, 1.82) is 0 Å². The molecule has 0 fully saturated rings. The van der Waals surface area contributed by atoms with Gasteiger partial charge in [-0.05, 0) is 41.5 Å². The predicted octanol–water partition coefficient (Wildman–Crippen LogP) is 3.41. The maximum absolute atomic E-state index is 14.6. The zero-order valence-corrected chi connectivity index (χ0v) is 17.3. The molecule has 0 bridgehead atoms. The van der Waals surface area contributed by atoms with E-state index in [2.05, 4.69) is 0 Å². The molecule has 0 aliphatic carbocycles. The van der Waals surface area contributed by atoms with Gasteiger partial charge in [-0.25, -0.2) is 17.2 Å². The summed E-state index contributed by atoms with van der Waals surface area (Å²) >= 11 is 0. The molecule has 3 rings (SSSR count). The van der Waals surface area contributed by atoms with Crippen LogP contribution in [0.25, 0.3) is 0 Å². The molecular weight excluding hydrogens is 424 g/mol. The molecule has 8 heteroatoms. The summed E-state index contributed by atoms with van der Waals surface area (Å²) < 4.78 is 51.4. The molecule has 1 atom stereocenters. The lowest BCUT2D eigenvalue weighted by Crippen LogP contribution is -2.44. The SMILES string of the molecule is CS(=O)(=O)c1ccc(C(=O)CC(C(N)=O)(c2ccccc2)c2ccc(F)cc2)c(F)c1. The number of hydrogen-bond acceptors (Lipinski definition) is 4. The van der Waals surface area contributed by atoms with Crippen LogP contribution in [-0.2, 0) is 20.0 Å². The highest BCUT2D eigenvalue weighted by Gasteiger charge is 2.43. The van der Waals surface area contributed by atoms with Crippen molar-refractivity contribution >= 4 is 21.5 Å². The summed E-state index contributed by atoms with van der Waals surface area (Å²) in [5, 5.41) is 0. The molecule has 0 aromatic heterocycles. The van der Waals surface area contributed by atoms with Gasteiger partial charge in [0.1, 0.15) is 17.0 Å². The van der Waals surface area contributed by atoms with E-state index in [-0.39, 0.29) is 16.0 Å². The molecule has 5 nitrogen and oxygen atoms in total. The average Bonchev–Trinajstić information content (AvgIpc) is 2.72. The Bertz CT molecular complexity index is 1240. The lowest BCUT2D eigenvalue weighted by Gasteiger charge is -2.31. The minimum Gasteiger partial charge on any atom is -0.369 e. The van der Waals surface area contributed by atoms with Gasteiger partial charge in [-0.1, -0.05) is 42.5 Å².